The number of hydrogen-bond donors (Lipinski definition) is 2. The Morgan fingerprint density at radius 1 is 1.08 bits per heavy atom. The van der Waals surface area contributed by atoms with Crippen LogP contribution >= 0.6 is 23.2 Å². The van der Waals surface area contributed by atoms with Crippen molar-refractivity contribution in [2.45, 2.75) is 17.7 Å². The molecule has 1 aromatic heterocycles. The SMILES string of the molecule is O=S(=O)(NCCNc1cc(N2CCCC2)ncn1)c1cc(Cl)ccc1Cl. The molecule has 2 heterocycles. The van der Waals surface area contributed by atoms with E-state index in [9.17, 15) is 8.42 Å². The second-order valence-electron chi connectivity index (χ2n) is 5.85. The van der Waals surface area contributed by atoms with E-state index in [0.29, 0.717) is 17.4 Å². The van der Waals surface area contributed by atoms with Crippen molar-refractivity contribution in [3.05, 3.63) is 40.6 Å². The van der Waals surface area contributed by atoms with Gasteiger partial charge < -0.3 is 10.2 Å². The number of rotatable bonds is 7. The predicted octanol–water partition coefficient (Wildman–Crippen LogP) is 2.77. The molecule has 10 heteroatoms. The van der Waals surface area contributed by atoms with Crippen molar-refractivity contribution in [3.63, 3.8) is 0 Å². The average molecular weight is 416 g/mol. The van der Waals surface area contributed by atoms with Crippen LogP contribution in [0.25, 0.3) is 0 Å². The lowest BCUT2D eigenvalue weighted by Gasteiger charge is -2.16. The zero-order chi connectivity index (χ0) is 18.6. The van der Waals surface area contributed by atoms with E-state index in [1.807, 2.05) is 6.07 Å². The quantitative estimate of drug-likeness (QED) is 0.675. The van der Waals surface area contributed by atoms with Crippen LogP contribution < -0.4 is 14.9 Å². The van der Waals surface area contributed by atoms with Crippen LogP contribution in [-0.2, 0) is 10.0 Å². The molecule has 1 aliphatic heterocycles. The Bertz CT molecular complexity index is 873. The first-order valence-corrected chi connectivity index (χ1v) is 10.5. The molecule has 0 atom stereocenters. The zero-order valence-corrected chi connectivity index (χ0v) is 16.3. The smallest absolute Gasteiger partial charge is 0.242 e. The summed E-state index contributed by atoms with van der Waals surface area (Å²) >= 11 is 11.8. The number of anilines is 2. The molecule has 0 bridgehead atoms. The maximum absolute atomic E-state index is 12.3. The number of sulfonamides is 1. The van der Waals surface area contributed by atoms with E-state index in [-0.39, 0.29) is 16.5 Å². The molecule has 7 nitrogen and oxygen atoms in total. The number of benzene rings is 1. The van der Waals surface area contributed by atoms with Crippen molar-refractivity contribution < 1.29 is 8.42 Å². The van der Waals surface area contributed by atoms with Gasteiger partial charge in [0.15, 0.2) is 0 Å². The molecule has 0 spiro atoms. The van der Waals surface area contributed by atoms with Gasteiger partial charge in [0.05, 0.1) is 5.02 Å². The first-order chi connectivity index (χ1) is 12.5. The van der Waals surface area contributed by atoms with Gasteiger partial charge >= 0.3 is 0 Å². The third kappa shape index (κ3) is 4.76. The first kappa shape index (κ1) is 19.2. The topological polar surface area (TPSA) is 87.2 Å². The Labute approximate surface area is 162 Å². The van der Waals surface area contributed by atoms with Crippen LogP contribution in [0, 0.1) is 0 Å². The maximum atomic E-state index is 12.3. The Morgan fingerprint density at radius 3 is 2.62 bits per heavy atom. The Morgan fingerprint density at radius 2 is 1.85 bits per heavy atom. The first-order valence-electron chi connectivity index (χ1n) is 8.21. The molecule has 1 aliphatic rings. The minimum absolute atomic E-state index is 0.0370. The molecule has 1 aromatic carbocycles. The average Bonchev–Trinajstić information content (AvgIpc) is 3.16. The van der Waals surface area contributed by atoms with Gasteiger partial charge in [-0.3, -0.25) is 0 Å². The van der Waals surface area contributed by atoms with E-state index in [1.165, 1.54) is 37.4 Å². The molecule has 1 saturated heterocycles. The summed E-state index contributed by atoms with van der Waals surface area (Å²) in [6, 6.07) is 6.19. The lowest BCUT2D eigenvalue weighted by molar-refractivity contribution is 0.583. The summed E-state index contributed by atoms with van der Waals surface area (Å²) in [4.78, 5) is 10.6. The number of halogens is 2. The van der Waals surface area contributed by atoms with Crippen LogP contribution in [0.4, 0.5) is 11.6 Å². The summed E-state index contributed by atoms with van der Waals surface area (Å²) in [5, 5.41) is 3.53. The summed E-state index contributed by atoms with van der Waals surface area (Å²) in [7, 11) is -3.74. The maximum Gasteiger partial charge on any atom is 0.242 e. The van der Waals surface area contributed by atoms with Gasteiger partial charge in [0.1, 0.15) is 22.9 Å². The van der Waals surface area contributed by atoms with E-state index < -0.39 is 10.0 Å². The fourth-order valence-corrected chi connectivity index (χ4v) is 4.49. The highest BCUT2D eigenvalue weighted by Gasteiger charge is 2.18. The molecule has 0 unspecified atom stereocenters. The predicted molar refractivity (Wildman–Crippen MR) is 104 cm³/mol. The van der Waals surface area contributed by atoms with Crippen LogP contribution in [0.1, 0.15) is 12.8 Å². The van der Waals surface area contributed by atoms with Crippen molar-refractivity contribution in [1.82, 2.24) is 14.7 Å². The van der Waals surface area contributed by atoms with Crippen LogP contribution in [0.5, 0.6) is 0 Å². The lowest BCUT2D eigenvalue weighted by atomic mass is 10.4. The summed E-state index contributed by atoms with van der Waals surface area (Å²) in [5.74, 6) is 1.54. The molecule has 3 rings (SSSR count). The highest BCUT2D eigenvalue weighted by atomic mass is 35.5. The van der Waals surface area contributed by atoms with Crippen LogP contribution in [0.15, 0.2) is 35.5 Å². The van der Waals surface area contributed by atoms with Gasteiger partial charge in [-0.15, -0.1) is 0 Å². The Hall–Kier alpha value is -1.61. The highest BCUT2D eigenvalue weighted by Crippen LogP contribution is 2.24. The van der Waals surface area contributed by atoms with Crippen molar-refractivity contribution >= 4 is 44.9 Å². The van der Waals surface area contributed by atoms with Crippen LogP contribution in [-0.4, -0.2) is 44.6 Å². The number of nitrogens with one attached hydrogen (secondary N) is 2. The largest absolute Gasteiger partial charge is 0.369 e. The lowest BCUT2D eigenvalue weighted by Crippen LogP contribution is -2.29. The second-order valence-corrected chi connectivity index (χ2v) is 8.43. The highest BCUT2D eigenvalue weighted by molar-refractivity contribution is 7.89. The molecule has 0 amide bonds. The van der Waals surface area contributed by atoms with Gasteiger partial charge in [-0.25, -0.2) is 23.1 Å². The Balaban J connectivity index is 1.55. The standard InChI is InChI=1S/C16H19Cl2N5O2S/c17-12-3-4-13(18)14(9-12)26(24,25)22-6-5-19-15-10-16(21-11-20-15)23-7-1-2-8-23/h3-4,9-11,22H,1-2,5-8H2,(H,19,20,21). The molecule has 0 aliphatic carbocycles. The van der Waals surface area contributed by atoms with Gasteiger partial charge in [0.25, 0.3) is 0 Å². The molecular weight excluding hydrogens is 397 g/mol. The van der Waals surface area contributed by atoms with E-state index in [4.69, 9.17) is 23.2 Å². The molecule has 26 heavy (non-hydrogen) atoms. The van der Waals surface area contributed by atoms with Gasteiger partial charge in [-0.1, -0.05) is 23.2 Å². The molecule has 2 aromatic rings. The molecule has 0 radical (unpaired) electrons. The van der Waals surface area contributed by atoms with Gasteiger partial charge in [0, 0.05) is 37.3 Å². The van der Waals surface area contributed by atoms with E-state index in [1.54, 1.807) is 0 Å². The normalized spacial score (nSPS) is 14.6. The molecule has 1 fully saturated rings. The molecule has 0 saturated carbocycles. The summed E-state index contributed by atoms with van der Waals surface area (Å²) in [5.41, 5.74) is 0. The number of nitrogens with zero attached hydrogens (tertiary/aromatic N) is 3. The van der Waals surface area contributed by atoms with Crippen molar-refractivity contribution in [2.75, 3.05) is 36.4 Å². The van der Waals surface area contributed by atoms with Gasteiger partial charge in [0.2, 0.25) is 10.0 Å². The van der Waals surface area contributed by atoms with Crippen molar-refractivity contribution in [2.24, 2.45) is 0 Å². The van der Waals surface area contributed by atoms with Gasteiger partial charge in [-0.05, 0) is 31.0 Å². The minimum Gasteiger partial charge on any atom is -0.369 e. The Kier molecular flexibility index (Phi) is 6.18. The van der Waals surface area contributed by atoms with Crippen LogP contribution in [0.3, 0.4) is 0 Å². The van der Waals surface area contributed by atoms with Gasteiger partial charge in [-0.2, -0.15) is 0 Å². The molecule has 2 N–H and O–H groups in total. The van der Waals surface area contributed by atoms with Crippen molar-refractivity contribution in [1.29, 1.82) is 0 Å². The second kappa shape index (κ2) is 8.39. The van der Waals surface area contributed by atoms with E-state index in [2.05, 4.69) is 24.9 Å². The van der Waals surface area contributed by atoms with Crippen LogP contribution in [0.2, 0.25) is 10.0 Å². The van der Waals surface area contributed by atoms with E-state index >= 15 is 0 Å². The monoisotopic (exact) mass is 415 g/mol. The van der Waals surface area contributed by atoms with E-state index in [0.717, 1.165) is 18.9 Å². The summed E-state index contributed by atoms with van der Waals surface area (Å²) in [6.07, 6.45) is 3.84. The summed E-state index contributed by atoms with van der Waals surface area (Å²) in [6.45, 7) is 2.54. The fraction of sp³-hybridized carbons (Fsp3) is 0.375. The fourth-order valence-electron chi connectivity index (χ4n) is 2.70. The summed E-state index contributed by atoms with van der Waals surface area (Å²) < 4.78 is 27.2. The third-order valence-electron chi connectivity index (χ3n) is 3.99. The zero-order valence-electron chi connectivity index (χ0n) is 14.0. The molecule has 140 valence electrons. The molecular formula is C16H19Cl2N5O2S. The minimum atomic E-state index is -3.74. The number of hydrogen-bond acceptors (Lipinski definition) is 6. The van der Waals surface area contributed by atoms with Crippen molar-refractivity contribution in [3.8, 4) is 0 Å². The third-order valence-corrected chi connectivity index (χ3v) is 6.17. The number of aromatic nitrogens is 2.